The summed E-state index contributed by atoms with van der Waals surface area (Å²) in [5.41, 5.74) is 3.52. The minimum atomic E-state index is -0.171. The fourth-order valence-corrected chi connectivity index (χ4v) is 3.26. The zero-order valence-electron chi connectivity index (χ0n) is 16.6. The van der Waals surface area contributed by atoms with Crippen molar-refractivity contribution in [1.29, 1.82) is 0 Å². The summed E-state index contributed by atoms with van der Waals surface area (Å²) in [4.78, 5) is 18.7. The molecule has 0 spiro atoms. The van der Waals surface area contributed by atoms with Crippen LogP contribution < -0.4 is 10.6 Å². The number of carbonyl (C=O) groups excluding carboxylic acids is 1. The molecule has 8 nitrogen and oxygen atoms in total. The molecule has 4 aromatic rings. The number of amides is 1. The van der Waals surface area contributed by atoms with Gasteiger partial charge in [0.05, 0.1) is 23.6 Å². The summed E-state index contributed by atoms with van der Waals surface area (Å²) < 4.78 is 5.64. The molecule has 9 heteroatoms. The molecular weight excluding hydrogens is 404 g/mol. The van der Waals surface area contributed by atoms with E-state index in [1.54, 1.807) is 30.6 Å². The molecule has 1 amide bonds. The van der Waals surface area contributed by atoms with Crippen molar-refractivity contribution in [2.24, 2.45) is 0 Å². The Morgan fingerprint density at radius 3 is 2.80 bits per heavy atom. The quantitative estimate of drug-likeness (QED) is 0.465. The summed E-state index contributed by atoms with van der Waals surface area (Å²) in [5.74, 6) is -0.171. The van der Waals surface area contributed by atoms with Crippen LogP contribution in [0.15, 0.2) is 53.2 Å². The third-order valence-corrected chi connectivity index (χ3v) is 4.85. The minimum Gasteiger partial charge on any atom is -0.424 e. The summed E-state index contributed by atoms with van der Waals surface area (Å²) in [6, 6.07) is 11.3. The van der Waals surface area contributed by atoms with Gasteiger partial charge in [-0.15, -0.1) is 0 Å². The molecular formula is C21H21ClN6O2. The topological polar surface area (TPSA) is 97.9 Å². The number of carbonyl (C=O) groups is 1. The lowest BCUT2D eigenvalue weighted by Gasteiger charge is -2.16. The van der Waals surface area contributed by atoms with Gasteiger partial charge in [0.2, 0.25) is 0 Å². The van der Waals surface area contributed by atoms with Crippen LogP contribution in [0.2, 0.25) is 5.02 Å². The van der Waals surface area contributed by atoms with Gasteiger partial charge in [-0.2, -0.15) is 20.0 Å². The molecule has 2 aromatic carbocycles. The van der Waals surface area contributed by atoms with Gasteiger partial charge in [0.25, 0.3) is 11.9 Å². The number of fused-ring (bicyclic) bond motifs is 1. The first-order chi connectivity index (χ1) is 14.5. The largest absolute Gasteiger partial charge is 0.424 e. The fourth-order valence-electron chi connectivity index (χ4n) is 3.09. The molecule has 30 heavy (non-hydrogen) atoms. The number of hydrogen-bond donors (Lipinski definition) is 2. The minimum absolute atomic E-state index is 0.0669. The Morgan fingerprint density at radius 1 is 1.20 bits per heavy atom. The average Bonchev–Trinajstić information content (AvgIpc) is 3.37. The highest BCUT2D eigenvalue weighted by atomic mass is 35.5. The number of aryl methyl sites for hydroxylation is 1. The van der Waals surface area contributed by atoms with Gasteiger partial charge in [-0.1, -0.05) is 23.2 Å². The highest BCUT2D eigenvalue weighted by Gasteiger charge is 2.16. The third-order valence-electron chi connectivity index (χ3n) is 4.61. The van der Waals surface area contributed by atoms with Gasteiger partial charge in [0.15, 0.2) is 5.58 Å². The van der Waals surface area contributed by atoms with Crippen LogP contribution in [0.1, 0.15) is 29.3 Å². The van der Waals surface area contributed by atoms with Crippen LogP contribution >= 0.6 is 11.6 Å². The van der Waals surface area contributed by atoms with Crippen LogP contribution in [0.25, 0.3) is 16.8 Å². The van der Waals surface area contributed by atoms with E-state index in [2.05, 4.69) is 25.8 Å². The monoisotopic (exact) mass is 424 g/mol. The van der Waals surface area contributed by atoms with Crippen molar-refractivity contribution in [3.8, 4) is 5.69 Å². The standard InChI is InChI=1S/C21H21ClN6O2/c1-13-3-5-18(28-24-9-10-25-28)16(11-13)20(29)26-14(2)7-8-23-21-27-17-12-15(22)4-6-19(17)30-21/h3-6,9-12,14H,7-8H2,1-2H3,(H,23,27)(H,26,29)/t14-/m1/s1. The second kappa shape index (κ2) is 8.54. The van der Waals surface area contributed by atoms with Crippen molar-refractivity contribution in [3.63, 3.8) is 0 Å². The highest BCUT2D eigenvalue weighted by molar-refractivity contribution is 6.31. The second-order valence-corrected chi connectivity index (χ2v) is 7.50. The molecule has 0 aliphatic rings. The molecule has 0 saturated carbocycles. The number of nitrogens with one attached hydrogen (secondary N) is 2. The summed E-state index contributed by atoms with van der Waals surface area (Å²) >= 11 is 5.97. The molecule has 2 aromatic heterocycles. The number of halogens is 1. The maximum Gasteiger partial charge on any atom is 0.295 e. The van der Waals surface area contributed by atoms with Crippen molar-refractivity contribution in [2.75, 3.05) is 11.9 Å². The molecule has 154 valence electrons. The molecule has 0 unspecified atom stereocenters. The Labute approximate surface area is 178 Å². The molecule has 0 aliphatic carbocycles. The van der Waals surface area contributed by atoms with Crippen LogP contribution in [0.4, 0.5) is 6.01 Å². The molecule has 0 saturated heterocycles. The lowest BCUT2D eigenvalue weighted by molar-refractivity contribution is 0.0938. The molecule has 0 bridgehead atoms. The van der Waals surface area contributed by atoms with Gasteiger partial charge in [-0.05, 0) is 50.6 Å². The summed E-state index contributed by atoms with van der Waals surface area (Å²) in [7, 11) is 0. The van der Waals surface area contributed by atoms with E-state index in [1.807, 2.05) is 32.0 Å². The van der Waals surface area contributed by atoms with Crippen LogP contribution in [-0.4, -0.2) is 38.5 Å². The lowest BCUT2D eigenvalue weighted by Crippen LogP contribution is -2.34. The van der Waals surface area contributed by atoms with Gasteiger partial charge in [-0.25, -0.2) is 0 Å². The normalized spacial score (nSPS) is 12.1. The summed E-state index contributed by atoms with van der Waals surface area (Å²) in [6.45, 7) is 4.48. The Balaban J connectivity index is 1.36. The molecule has 4 rings (SSSR count). The van der Waals surface area contributed by atoms with Crippen molar-refractivity contribution in [1.82, 2.24) is 25.3 Å². The van der Waals surface area contributed by atoms with Gasteiger partial charge in [0, 0.05) is 17.6 Å². The van der Waals surface area contributed by atoms with Gasteiger partial charge in [-0.3, -0.25) is 4.79 Å². The molecule has 0 radical (unpaired) electrons. The number of aromatic nitrogens is 4. The average molecular weight is 425 g/mol. The van der Waals surface area contributed by atoms with Crippen molar-refractivity contribution >= 4 is 34.6 Å². The Morgan fingerprint density at radius 2 is 2.00 bits per heavy atom. The number of nitrogens with zero attached hydrogens (tertiary/aromatic N) is 4. The fraction of sp³-hybridized carbons (Fsp3) is 0.238. The maximum absolute atomic E-state index is 12.9. The Hall–Kier alpha value is -3.39. The highest BCUT2D eigenvalue weighted by Crippen LogP contribution is 2.22. The molecule has 0 fully saturated rings. The van der Waals surface area contributed by atoms with E-state index < -0.39 is 0 Å². The predicted molar refractivity (Wildman–Crippen MR) is 115 cm³/mol. The van der Waals surface area contributed by atoms with E-state index in [4.69, 9.17) is 16.0 Å². The number of oxazole rings is 1. The first-order valence-electron chi connectivity index (χ1n) is 9.58. The molecule has 2 N–H and O–H groups in total. The molecule has 1 atom stereocenters. The maximum atomic E-state index is 12.9. The molecule has 0 aliphatic heterocycles. The SMILES string of the molecule is Cc1ccc(-n2nccn2)c(C(=O)N[C@H](C)CCNc2nc3cc(Cl)ccc3o2)c1. The van der Waals surface area contributed by atoms with E-state index in [0.29, 0.717) is 46.4 Å². The summed E-state index contributed by atoms with van der Waals surface area (Å²) in [5, 5.41) is 15.1. The number of hydrogen-bond acceptors (Lipinski definition) is 6. The number of benzene rings is 2. The van der Waals surface area contributed by atoms with Crippen molar-refractivity contribution in [2.45, 2.75) is 26.3 Å². The lowest BCUT2D eigenvalue weighted by atomic mass is 10.1. The van der Waals surface area contributed by atoms with Crippen LogP contribution in [0, 0.1) is 6.92 Å². The predicted octanol–water partition coefficient (Wildman–Crippen LogP) is 3.99. The first-order valence-corrected chi connectivity index (χ1v) is 9.95. The van der Waals surface area contributed by atoms with Crippen LogP contribution in [0.5, 0.6) is 0 Å². The van der Waals surface area contributed by atoms with E-state index in [9.17, 15) is 4.79 Å². The zero-order valence-corrected chi connectivity index (χ0v) is 17.3. The van der Waals surface area contributed by atoms with Gasteiger partial charge in [0.1, 0.15) is 5.52 Å². The third kappa shape index (κ3) is 4.44. The molecule has 2 heterocycles. The van der Waals surface area contributed by atoms with Crippen molar-refractivity contribution < 1.29 is 9.21 Å². The Bertz CT molecular complexity index is 1170. The first kappa shape index (κ1) is 19.9. The van der Waals surface area contributed by atoms with Gasteiger partial charge < -0.3 is 15.1 Å². The van der Waals surface area contributed by atoms with Crippen molar-refractivity contribution in [3.05, 3.63) is 64.9 Å². The van der Waals surface area contributed by atoms with E-state index >= 15 is 0 Å². The van der Waals surface area contributed by atoms with E-state index in [0.717, 1.165) is 5.56 Å². The Kier molecular flexibility index (Phi) is 5.67. The van der Waals surface area contributed by atoms with E-state index in [-0.39, 0.29) is 11.9 Å². The number of rotatable bonds is 7. The van der Waals surface area contributed by atoms with Crippen LogP contribution in [0.3, 0.4) is 0 Å². The second-order valence-electron chi connectivity index (χ2n) is 7.06. The van der Waals surface area contributed by atoms with Gasteiger partial charge >= 0.3 is 0 Å². The van der Waals surface area contributed by atoms with Crippen LogP contribution in [-0.2, 0) is 0 Å². The number of anilines is 1. The van der Waals surface area contributed by atoms with E-state index in [1.165, 1.54) is 4.80 Å². The summed E-state index contributed by atoms with van der Waals surface area (Å²) in [6.07, 6.45) is 3.85. The zero-order chi connectivity index (χ0) is 21.1. The smallest absolute Gasteiger partial charge is 0.295 e.